The molecular weight excluding hydrogens is 286 g/mol. The van der Waals surface area contributed by atoms with Crippen molar-refractivity contribution in [3.8, 4) is 0 Å². The summed E-state index contributed by atoms with van der Waals surface area (Å²) in [6.07, 6.45) is 4.54. The Morgan fingerprint density at radius 3 is 3.00 bits per heavy atom. The zero-order valence-electron chi connectivity index (χ0n) is 13.1. The van der Waals surface area contributed by atoms with Gasteiger partial charge >= 0.3 is 0 Å². The molecule has 0 saturated carbocycles. The second kappa shape index (κ2) is 5.54. The maximum Gasteiger partial charge on any atom is 0.256 e. The van der Waals surface area contributed by atoms with Crippen LogP contribution in [0, 0.1) is 6.92 Å². The molecule has 0 radical (unpaired) electrons. The molecule has 4 heteroatoms. The molecule has 1 aliphatic rings. The van der Waals surface area contributed by atoms with Gasteiger partial charge in [0.2, 0.25) is 0 Å². The maximum atomic E-state index is 12.9. The van der Waals surface area contributed by atoms with Crippen molar-refractivity contribution in [2.24, 2.45) is 0 Å². The van der Waals surface area contributed by atoms with Crippen molar-refractivity contribution in [2.45, 2.75) is 19.3 Å². The number of likely N-dealkylation sites (tertiary alicyclic amines) is 1. The van der Waals surface area contributed by atoms with E-state index >= 15 is 0 Å². The Balaban J connectivity index is 1.58. The number of amides is 1. The molecule has 3 aromatic rings. The number of fused-ring (bicyclic) bond motifs is 1. The lowest BCUT2D eigenvalue weighted by Crippen LogP contribution is -2.28. The predicted octanol–water partition coefficient (Wildman–Crippen LogP) is 3.50. The van der Waals surface area contributed by atoms with E-state index in [1.54, 1.807) is 12.4 Å². The summed E-state index contributed by atoms with van der Waals surface area (Å²) in [4.78, 5) is 22.2. The molecule has 0 spiro atoms. The van der Waals surface area contributed by atoms with Gasteiger partial charge < -0.3 is 9.88 Å². The van der Waals surface area contributed by atoms with Crippen LogP contribution >= 0.6 is 0 Å². The van der Waals surface area contributed by atoms with Gasteiger partial charge in [-0.2, -0.15) is 0 Å². The number of nitrogens with one attached hydrogen (secondary N) is 1. The van der Waals surface area contributed by atoms with E-state index in [9.17, 15) is 4.79 Å². The summed E-state index contributed by atoms with van der Waals surface area (Å²) in [7, 11) is 0. The summed E-state index contributed by atoms with van der Waals surface area (Å²) >= 11 is 0. The minimum atomic E-state index is 0.0975. The maximum absolute atomic E-state index is 12.9. The summed E-state index contributed by atoms with van der Waals surface area (Å²) in [6, 6.07) is 12.3. The van der Waals surface area contributed by atoms with Crippen LogP contribution in [0.4, 0.5) is 0 Å². The molecule has 4 nitrogen and oxygen atoms in total. The number of hydrogen-bond acceptors (Lipinski definition) is 2. The van der Waals surface area contributed by atoms with Crippen LogP contribution in [0.2, 0.25) is 0 Å². The number of aromatic nitrogens is 2. The van der Waals surface area contributed by atoms with Crippen molar-refractivity contribution in [1.29, 1.82) is 0 Å². The molecule has 1 saturated heterocycles. The number of hydrogen-bond donors (Lipinski definition) is 1. The minimum Gasteiger partial charge on any atom is -0.345 e. The number of carbonyl (C=O) groups is 1. The first-order chi connectivity index (χ1) is 11.2. The third-order valence-electron chi connectivity index (χ3n) is 4.79. The Bertz CT molecular complexity index is 868. The molecule has 1 unspecified atom stereocenters. The van der Waals surface area contributed by atoms with Crippen molar-refractivity contribution in [2.75, 3.05) is 13.1 Å². The lowest BCUT2D eigenvalue weighted by atomic mass is 9.94. The van der Waals surface area contributed by atoms with Crippen LogP contribution in [-0.2, 0) is 0 Å². The molecule has 1 amide bonds. The van der Waals surface area contributed by atoms with Crippen molar-refractivity contribution < 1.29 is 4.79 Å². The van der Waals surface area contributed by atoms with Crippen LogP contribution in [0.5, 0.6) is 0 Å². The monoisotopic (exact) mass is 305 g/mol. The molecule has 1 fully saturated rings. The number of aryl methyl sites for hydroxylation is 1. The van der Waals surface area contributed by atoms with Gasteiger partial charge in [0.25, 0.3) is 5.91 Å². The van der Waals surface area contributed by atoms with E-state index in [1.165, 1.54) is 11.1 Å². The summed E-state index contributed by atoms with van der Waals surface area (Å²) < 4.78 is 0. The number of aromatic amines is 1. The van der Waals surface area contributed by atoms with E-state index in [-0.39, 0.29) is 5.91 Å². The van der Waals surface area contributed by atoms with E-state index < -0.39 is 0 Å². The Morgan fingerprint density at radius 2 is 2.13 bits per heavy atom. The lowest BCUT2D eigenvalue weighted by molar-refractivity contribution is 0.0792. The number of carbonyl (C=O) groups excluding carboxylic acids is 1. The molecule has 23 heavy (non-hydrogen) atoms. The largest absolute Gasteiger partial charge is 0.345 e. The summed E-state index contributed by atoms with van der Waals surface area (Å²) in [6.45, 7) is 3.74. The molecule has 1 aromatic carbocycles. The number of benzene rings is 1. The van der Waals surface area contributed by atoms with Crippen molar-refractivity contribution in [1.82, 2.24) is 14.9 Å². The highest BCUT2D eigenvalue weighted by molar-refractivity contribution is 6.06. The highest BCUT2D eigenvalue weighted by Gasteiger charge is 2.29. The van der Waals surface area contributed by atoms with Crippen molar-refractivity contribution in [3.05, 3.63) is 65.5 Å². The Kier molecular flexibility index (Phi) is 3.37. The molecule has 0 bridgehead atoms. The van der Waals surface area contributed by atoms with Gasteiger partial charge in [0, 0.05) is 36.8 Å². The molecule has 1 atom stereocenters. The second-order valence-electron chi connectivity index (χ2n) is 6.20. The average Bonchev–Trinajstić information content (AvgIpc) is 3.22. The van der Waals surface area contributed by atoms with Gasteiger partial charge in [-0.25, -0.2) is 4.98 Å². The van der Waals surface area contributed by atoms with Crippen LogP contribution < -0.4 is 0 Å². The Labute approximate surface area is 135 Å². The molecule has 2 aromatic heterocycles. The smallest absolute Gasteiger partial charge is 0.256 e. The SMILES string of the molecule is Cc1ccccc1C1CCN(C(=O)c2c[nH]c3ncccc23)C1. The molecule has 1 N–H and O–H groups in total. The van der Waals surface area contributed by atoms with E-state index in [0.29, 0.717) is 5.92 Å². The first-order valence-electron chi connectivity index (χ1n) is 8.01. The second-order valence-corrected chi connectivity index (χ2v) is 6.20. The summed E-state index contributed by atoms with van der Waals surface area (Å²) in [5.41, 5.74) is 4.16. The quantitative estimate of drug-likeness (QED) is 0.787. The van der Waals surface area contributed by atoms with Gasteiger partial charge in [-0.15, -0.1) is 0 Å². The lowest BCUT2D eigenvalue weighted by Gasteiger charge is -2.17. The average molecular weight is 305 g/mol. The highest BCUT2D eigenvalue weighted by atomic mass is 16.2. The fourth-order valence-electron chi connectivity index (χ4n) is 3.55. The van der Waals surface area contributed by atoms with Crippen LogP contribution in [0.1, 0.15) is 33.8 Å². The van der Waals surface area contributed by atoms with Crippen LogP contribution in [0.25, 0.3) is 11.0 Å². The standard InChI is InChI=1S/C19H19N3O/c1-13-5-2-3-6-15(13)14-8-10-22(12-14)19(23)17-11-21-18-16(17)7-4-9-20-18/h2-7,9,11,14H,8,10,12H2,1H3,(H,20,21). The fourth-order valence-corrected chi connectivity index (χ4v) is 3.55. The van der Waals surface area contributed by atoms with E-state index in [1.807, 2.05) is 17.0 Å². The first kappa shape index (κ1) is 14.0. The van der Waals surface area contributed by atoms with E-state index in [4.69, 9.17) is 0 Å². The molecule has 116 valence electrons. The van der Waals surface area contributed by atoms with Crippen molar-refractivity contribution >= 4 is 16.9 Å². The van der Waals surface area contributed by atoms with Gasteiger partial charge in [0.05, 0.1) is 5.56 Å². The van der Waals surface area contributed by atoms with E-state index in [2.05, 4.69) is 41.2 Å². The van der Waals surface area contributed by atoms with Crippen LogP contribution in [-0.4, -0.2) is 33.9 Å². The minimum absolute atomic E-state index is 0.0975. The topological polar surface area (TPSA) is 49.0 Å². The highest BCUT2D eigenvalue weighted by Crippen LogP contribution is 2.30. The third-order valence-corrected chi connectivity index (χ3v) is 4.79. The molecule has 4 rings (SSSR count). The zero-order chi connectivity index (χ0) is 15.8. The predicted molar refractivity (Wildman–Crippen MR) is 90.5 cm³/mol. The van der Waals surface area contributed by atoms with Gasteiger partial charge in [-0.3, -0.25) is 4.79 Å². The van der Waals surface area contributed by atoms with Gasteiger partial charge in [0.15, 0.2) is 0 Å². The molecular formula is C19H19N3O. The van der Waals surface area contributed by atoms with Crippen LogP contribution in [0.15, 0.2) is 48.8 Å². The summed E-state index contributed by atoms with van der Waals surface area (Å²) in [5, 5.41) is 0.900. The summed E-state index contributed by atoms with van der Waals surface area (Å²) in [5.74, 6) is 0.531. The van der Waals surface area contributed by atoms with Crippen molar-refractivity contribution in [3.63, 3.8) is 0 Å². The fraction of sp³-hybridized carbons (Fsp3) is 0.263. The number of nitrogens with zero attached hydrogens (tertiary/aromatic N) is 2. The zero-order valence-corrected chi connectivity index (χ0v) is 13.1. The Hall–Kier alpha value is -2.62. The normalized spacial score (nSPS) is 17.8. The third kappa shape index (κ3) is 2.40. The van der Waals surface area contributed by atoms with E-state index in [0.717, 1.165) is 36.1 Å². The number of H-pyrrole nitrogens is 1. The Morgan fingerprint density at radius 1 is 1.26 bits per heavy atom. The van der Waals surface area contributed by atoms with Gasteiger partial charge in [-0.05, 0) is 36.6 Å². The van der Waals surface area contributed by atoms with Gasteiger partial charge in [0.1, 0.15) is 5.65 Å². The van der Waals surface area contributed by atoms with Crippen LogP contribution in [0.3, 0.4) is 0 Å². The molecule has 1 aliphatic heterocycles. The molecule has 0 aliphatic carbocycles. The number of rotatable bonds is 2. The van der Waals surface area contributed by atoms with Gasteiger partial charge in [-0.1, -0.05) is 24.3 Å². The first-order valence-corrected chi connectivity index (χ1v) is 8.01. The molecule has 3 heterocycles. The number of pyridine rings is 1.